The van der Waals surface area contributed by atoms with E-state index in [1.54, 1.807) is 0 Å². The second-order valence-electron chi connectivity index (χ2n) is 10.6. The highest BCUT2D eigenvalue weighted by Crippen LogP contribution is 2.27. The molecule has 18 nitrogen and oxygen atoms in total. The molecule has 0 aliphatic carbocycles. The Morgan fingerprint density at radius 3 is 1.37 bits per heavy atom. The predicted octanol–water partition coefficient (Wildman–Crippen LogP) is 3.00. The number of esters is 2. The molecule has 0 fully saturated rings. The summed E-state index contributed by atoms with van der Waals surface area (Å²) in [5, 5.41) is 54.4. The van der Waals surface area contributed by atoms with Gasteiger partial charge in [0.25, 0.3) is 0 Å². The Bertz CT molecular complexity index is 2390. The molecule has 0 aliphatic rings. The van der Waals surface area contributed by atoms with Crippen LogP contribution in [-0.2, 0) is 9.47 Å². The van der Waals surface area contributed by atoms with Crippen LogP contribution in [0.1, 0.15) is 52.8 Å². The summed E-state index contributed by atoms with van der Waals surface area (Å²) in [5.41, 5.74) is 2.07. The van der Waals surface area contributed by atoms with E-state index in [2.05, 4.69) is 47.2 Å². The number of carboxylic acids is 2. The number of aromatic hydroxyl groups is 2. The van der Waals surface area contributed by atoms with Crippen molar-refractivity contribution in [1.29, 1.82) is 0 Å². The second-order valence-corrected chi connectivity index (χ2v) is 10.6. The van der Waals surface area contributed by atoms with Crippen molar-refractivity contribution in [2.24, 2.45) is 0 Å². The van der Waals surface area contributed by atoms with E-state index in [0.717, 1.165) is 0 Å². The molecule has 0 saturated carbocycles. The number of aromatic nitrogens is 8. The average Bonchev–Trinajstić information content (AvgIpc) is 3.88. The number of carboxylic acid groups (broad SMARTS) is 2. The number of rotatable bonds is 8. The molecule has 4 heterocycles. The Kier molecular flexibility index (Phi) is 10.7. The Balaban J connectivity index is 0.000000338. The summed E-state index contributed by atoms with van der Waals surface area (Å²) in [6, 6.07) is 13.5. The van der Waals surface area contributed by atoms with Gasteiger partial charge in [-0.1, -0.05) is 22.3 Å². The van der Waals surface area contributed by atoms with Gasteiger partial charge in [0.15, 0.2) is 0 Å². The fourth-order valence-corrected chi connectivity index (χ4v) is 4.64. The molecule has 0 aliphatic heterocycles. The molecule has 4 aromatic heterocycles. The van der Waals surface area contributed by atoms with Crippen molar-refractivity contribution in [1.82, 2.24) is 40.0 Å². The van der Waals surface area contributed by atoms with Crippen molar-refractivity contribution in [3.05, 3.63) is 107 Å². The van der Waals surface area contributed by atoms with Crippen molar-refractivity contribution in [2.45, 2.75) is 0 Å². The van der Waals surface area contributed by atoms with Gasteiger partial charge in [0.2, 0.25) is 0 Å². The minimum atomic E-state index is -1.29. The van der Waals surface area contributed by atoms with Crippen LogP contribution in [0.4, 0.5) is 0 Å². The second kappa shape index (κ2) is 15.7. The van der Waals surface area contributed by atoms with E-state index < -0.39 is 35.4 Å². The molecule has 6 rings (SSSR count). The third kappa shape index (κ3) is 7.98. The van der Waals surface area contributed by atoms with Crippen LogP contribution in [0, 0.1) is 24.7 Å². The van der Waals surface area contributed by atoms with Gasteiger partial charge in [-0.25, -0.2) is 38.5 Å². The number of ether oxygens (including phenoxy) is 2. The number of pyridine rings is 2. The molecule has 54 heavy (non-hydrogen) atoms. The van der Waals surface area contributed by atoms with Crippen LogP contribution in [0.2, 0.25) is 0 Å². The van der Waals surface area contributed by atoms with Gasteiger partial charge in [-0.2, -0.15) is 0 Å². The van der Waals surface area contributed by atoms with Crippen molar-refractivity contribution >= 4 is 23.9 Å². The normalized spacial score (nSPS) is 10.2. The molecular weight excluding hydrogens is 704 g/mol. The highest BCUT2D eigenvalue weighted by molar-refractivity contribution is 5.93. The molecule has 0 atom stereocenters. The molecule has 0 amide bonds. The quantitative estimate of drug-likeness (QED) is 0.130. The summed E-state index contributed by atoms with van der Waals surface area (Å²) in [5.74, 6) is -0.0135. The highest BCUT2D eigenvalue weighted by atomic mass is 16.5. The molecule has 0 saturated heterocycles. The van der Waals surface area contributed by atoms with E-state index in [1.165, 1.54) is 96.6 Å². The molecule has 2 aromatic carbocycles. The Morgan fingerprint density at radius 1 is 0.611 bits per heavy atom. The van der Waals surface area contributed by atoms with Crippen molar-refractivity contribution < 1.29 is 49.1 Å². The van der Waals surface area contributed by atoms with Crippen molar-refractivity contribution in [2.75, 3.05) is 14.2 Å². The third-order valence-corrected chi connectivity index (χ3v) is 7.25. The summed E-state index contributed by atoms with van der Waals surface area (Å²) in [6.45, 7) is 0. The van der Waals surface area contributed by atoms with E-state index >= 15 is 0 Å². The monoisotopic (exact) mass is 728 g/mol. The molecule has 4 N–H and O–H groups in total. The average molecular weight is 729 g/mol. The maximum Gasteiger partial charge on any atom is 0.339 e. The van der Waals surface area contributed by atoms with Crippen LogP contribution in [0.15, 0.2) is 73.1 Å². The number of hydrogen-bond acceptors (Lipinski definition) is 14. The lowest BCUT2D eigenvalue weighted by Gasteiger charge is -2.05. The van der Waals surface area contributed by atoms with E-state index in [0.29, 0.717) is 28.3 Å². The molecule has 268 valence electrons. The first kappa shape index (κ1) is 36.9. The molecule has 6 aromatic rings. The lowest BCUT2D eigenvalue weighted by atomic mass is 10.1. The SMILES string of the molecule is C#Cc1cc(C(=O)OC)cc(C#C)n1.COC(=O)c1cc(-c2cn(-c3ccc(C(=O)O)c(O)c3)nn2)nc(-c2cn(-c3ccc(C(=O)O)c(O)c3)nn2)c1. The maximum atomic E-state index is 12.4. The lowest BCUT2D eigenvalue weighted by molar-refractivity contribution is 0.0591. The van der Waals surface area contributed by atoms with Gasteiger partial charge < -0.3 is 29.9 Å². The smallest absolute Gasteiger partial charge is 0.339 e. The third-order valence-electron chi connectivity index (χ3n) is 7.25. The van der Waals surface area contributed by atoms with Gasteiger partial charge in [0.05, 0.1) is 60.5 Å². The van der Waals surface area contributed by atoms with Gasteiger partial charge in [0, 0.05) is 12.1 Å². The molecule has 0 spiro atoms. The minimum absolute atomic E-state index is 0.124. The Morgan fingerprint density at radius 2 is 1.02 bits per heavy atom. The molecule has 18 heteroatoms. The molecule has 0 unspecified atom stereocenters. The lowest BCUT2D eigenvalue weighted by Crippen LogP contribution is -2.03. The number of carbonyl (C=O) groups is 4. The fourth-order valence-electron chi connectivity index (χ4n) is 4.64. The number of terminal acetylenes is 2. The number of aromatic carboxylic acids is 2. The summed E-state index contributed by atoms with van der Waals surface area (Å²) in [7, 11) is 2.50. The number of benzene rings is 2. The first-order valence-corrected chi connectivity index (χ1v) is 15.0. The fraction of sp³-hybridized carbons (Fsp3) is 0.0556. The highest BCUT2D eigenvalue weighted by Gasteiger charge is 2.19. The van der Waals surface area contributed by atoms with E-state index in [1.807, 2.05) is 0 Å². The number of carbonyl (C=O) groups excluding carboxylic acids is 2. The first-order chi connectivity index (χ1) is 25.8. The molecule has 0 radical (unpaired) electrons. The Hall–Kier alpha value is -8.38. The van der Waals surface area contributed by atoms with Crippen LogP contribution in [0.3, 0.4) is 0 Å². The number of nitrogens with zero attached hydrogens (tertiary/aromatic N) is 8. The van der Waals surface area contributed by atoms with E-state index in [4.69, 9.17) is 27.8 Å². The van der Waals surface area contributed by atoms with Gasteiger partial charge >= 0.3 is 23.9 Å². The first-order valence-electron chi connectivity index (χ1n) is 15.0. The molecular formula is C36H24N8O10. The maximum absolute atomic E-state index is 12.4. The van der Waals surface area contributed by atoms with Gasteiger partial charge in [-0.3, -0.25) is 0 Å². The van der Waals surface area contributed by atoms with Gasteiger partial charge in [-0.05, 0) is 48.5 Å². The van der Waals surface area contributed by atoms with Crippen LogP contribution >= 0.6 is 0 Å². The zero-order valence-corrected chi connectivity index (χ0v) is 27.9. The van der Waals surface area contributed by atoms with Crippen LogP contribution in [0.5, 0.6) is 11.5 Å². The van der Waals surface area contributed by atoms with Crippen LogP contribution < -0.4 is 0 Å². The Labute approximate surface area is 303 Å². The number of hydrogen-bond donors (Lipinski definition) is 4. The zero-order valence-electron chi connectivity index (χ0n) is 27.9. The van der Waals surface area contributed by atoms with Crippen LogP contribution in [0.25, 0.3) is 34.2 Å². The predicted molar refractivity (Wildman–Crippen MR) is 185 cm³/mol. The number of methoxy groups -OCH3 is 2. The topological polar surface area (TPSA) is 255 Å². The standard InChI is InChI=1S/C25H17N7O8.C11H7NO2/c1-40-25(39)12-6-17(19-10-31(29-27-19)13-2-4-15(23(35)36)21(33)8-13)26-18(7-12)20-11-32(30-28-20)14-3-5-16(24(37)38)22(34)9-14;1-4-9-6-8(11(13)14-3)7-10(5-2)12-9/h2-11,33-34H,1H3,(H,35,36)(H,37,38);1-2,6-7H,3H3. The molecule has 0 bridgehead atoms. The van der Waals surface area contributed by atoms with Crippen molar-refractivity contribution in [3.8, 4) is 70.3 Å². The zero-order chi connectivity index (χ0) is 39.1. The van der Waals surface area contributed by atoms with Gasteiger partial charge in [-0.15, -0.1) is 23.0 Å². The summed E-state index contributed by atoms with van der Waals surface area (Å²) >= 11 is 0. The van der Waals surface area contributed by atoms with Crippen molar-refractivity contribution in [3.63, 3.8) is 0 Å². The van der Waals surface area contributed by atoms with E-state index in [-0.39, 0.29) is 39.5 Å². The summed E-state index contributed by atoms with van der Waals surface area (Å²) < 4.78 is 12.0. The van der Waals surface area contributed by atoms with Crippen LogP contribution in [-0.4, -0.2) is 98.5 Å². The minimum Gasteiger partial charge on any atom is -0.507 e. The number of phenols is 2. The van der Waals surface area contributed by atoms with E-state index in [9.17, 15) is 29.4 Å². The summed E-state index contributed by atoms with van der Waals surface area (Å²) in [6.07, 6.45) is 13.2. The van der Waals surface area contributed by atoms with Gasteiger partial charge in [0.1, 0.15) is 45.4 Å². The largest absolute Gasteiger partial charge is 0.507 e. The summed E-state index contributed by atoms with van der Waals surface area (Å²) in [4.78, 5) is 54.3.